The Labute approximate surface area is 228 Å². The van der Waals surface area contributed by atoms with Crippen molar-refractivity contribution in [2.75, 3.05) is 17.3 Å². The lowest BCUT2D eigenvalue weighted by Crippen LogP contribution is -2.13. The molecule has 2 aromatic heterocycles. The summed E-state index contributed by atoms with van der Waals surface area (Å²) in [4.78, 5) is 17.7. The number of hydrogen-bond acceptors (Lipinski definition) is 6. The molecule has 0 bridgehead atoms. The Balaban J connectivity index is 1.37. The molecule has 0 saturated heterocycles. The van der Waals surface area contributed by atoms with Gasteiger partial charge in [0.25, 0.3) is 5.91 Å². The van der Waals surface area contributed by atoms with E-state index in [9.17, 15) is 15.2 Å². The molecular weight excluding hydrogens is 507 g/mol. The van der Waals surface area contributed by atoms with Crippen LogP contribution in [-0.4, -0.2) is 32.3 Å². The summed E-state index contributed by atoms with van der Waals surface area (Å²) < 4.78 is 1.77. The molecule has 39 heavy (non-hydrogen) atoms. The number of hydrogen-bond donors (Lipinski definition) is 3. The minimum Gasteiger partial charge on any atom is -0.507 e. The van der Waals surface area contributed by atoms with E-state index in [0.29, 0.717) is 37.6 Å². The molecule has 0 aliphatic heterocycles. The fourth-order valence-electron chi connectivity index (χ4n) is 4.27. The highest BCUT2D eigenvalue weighted by Gasteiger charge is 2.14. The Hall–Kier alpha value is -4.73. The Bertz CT molecular complexity index is 1710. The zero-order valence-electron chi connectivity index (χ0n) is 21.5. The molecule has 2 atom stereocenters. The van der Waals surface area contributed by atoms with E-state index in [2.05, 4.69) is 28.5 Å². The van der Waals surface area contributed by atoms with Crippen LogP contribution < -0.4 is 15.9 Å². The number of nitriles is 1. The molecule has 0 spiro atoms. The summed E-state index contributed by atoms with van der Waals surface area (Å²) in [6, 6.07) is 26.0. The lowest BCUT2D eigenvalue weighted by Gasteiger charge is -2.13. The van der Waals surface area contributed by atoms with Gasteiger partial charge in [-0.1, -0.05) is 45.0 Å². The molecule has 9 heteroatoms. The maximum atomic E-state index is 12.9. The first-order chi connectivity index (χ1) is 19.0. The molecule has 0 aliphatic rings. The molecule has 0 saturated carbocycles. The van der Waals surface area contributed by atoms with Gasteiger partial charge in [0.15, 0.2) is 5.65 Å². The maximum Gasteiger partial charge on any atom is 0.255 e. The van der Waals surface area contributed by atoms with Gasteiger partial charge < -0.3 is 15.7 Å². The average Bonchev–Trinajstić information content (AvgIpc) is 3.39. The van der Waals surface area contributed by atoms with Gasteiger partial charge in [-0.05, 0) is 61.1 Å². The zero-order chi connectivity index (χ0) is 27.4. The van der Waals surface area contributed by atoms with Crippen LogP contribution in [0, 0.1) is 11.3 Å². The number of nitrogens with zero attached hydrogens (tertiary/aromatic N) is 4. The van der Waals surface area contributed by atoms with Crippen LogP contribution in [0.25, 0.3) is 16.9 Å². The number of benzene rings is 3. The molecule has 3 N–H and O–H groups in total. The van der Waals surface area contributed by atoms with Crippen molar-refractivity contribution >= 4 is 36.9 Å². The maximum absolute atomic E-state index is 12.9. The summed E-state index contributed by atoms with van der Waals surface area (Å²) in [7, 11) is 0.520. The average molecular weight is 535 g/mol. The number of rotatable bonds is 8. The number of carbonyl (C=O) groups excluding carboxylic acids is 1. The number of aromatic nitrogens is 3. The van der Waals surface area contributed by atoms with Crippen LogP contribution in [0.4, 0.5) is 11.5 Å². The van der Waals surface area contributed by atoms with Crippen LogP contribution in [-0.2, 0) is 6.54 Å². The first kappa shape index (κ1) is 25.9. The summed E-state index contributed by atoms with van der Waals surface area (Å²) in [5.74, 6) is 0.374. The largest absolute Gasteiger partial charge is 0.507 e. The van der Waals surface area contributed by atoms with Crippen molar-refractivity contribution in [3.63, 3.8) is 0 Å². The molecule has 2 heterocycles. The van der Waals surface area contributed by atoms with Gasteiger partial charge in [0.2, 0.25) is 0 Å². The van der Waals surface area contributed by atoms with E-state index in [4.69, 9.17) is 4.98 Å². The van der Waals surface area contributed by atoms with Crippen molar-refractivity contribution in [1.29, 1.82) is 5.26 Å². The highest BCUT2D eigenvalue weighted by molar-refractivity contribution is 7.46. The molecule has 5 rings (SSSR count). The number of phenols is 1. The van der Waals surface area contributed by atoms with Crippen LogP contribution in [0.15, 0.2) is 85.1 Å². The first-order valence-electron chi connectivity index (χ1n) is 12.5. The lowest BCUT2D eigenvalue weighted by atomic mass is 10.0. The van der Waals surface area contributed by atoms with Crippen molar-refractivity contribution in [2.45, 2.75) is 19.4 Å². The van der Waals surface area contributed by atoms with Gasteiger partial charge in [-0.2, -0.15) is 14.9 Å². The van der Waals surface area contributed by atoms with E-state index in [1.165, 1.54) is 0 Å². The Morgan fingerprint density at radius 3 is 2.72 bits per heavy atom. The predicted octanol–water partition coefficient (Wildman–Crippen LogP) is 5.53. The number of nitrogens with one attached hydrogen (secondary N) is 2. The molecule has 2 unspecified atom stereocenters. The van der Waals surface area contributed by atoms with Crippen molar-refractivity contribution in [3.8, 4) is 23.1 Å². The highest BCUT2D eigenvalue weighted by Crippen LogP contribution is 2.30. The lowest BCUT2D eigenvalue weighted by molar-refractivity contribution is 0.102. The highest BCUT2D eigenvalue weighted by atomic mass is 31.1. The van der Waals surface area contributed by atoms with E-state index in [1.54, 1.807) is 34.8 Å². The van der Waals surface area contributed by atoms with Crippen LogP contribution in [0.3, 0.4) is 0 Å². The number of aromatic hydroxyl groups is 1. The minimum atomic E-state index is -0.290. The monoisotopic (exact) mass is 534 g/mol. The minimum absolute atomic E-state index is 0.163. The van der Waals surface area contributed by atoms with E-state index in [-0.39, 0.29) is 17.6 Å². The van der Waals surface area contributed by atoms with Gasteiger partial charge in [-0.25, -0.2) is 4.98 Å². The fourth-order valence-corrected chi connectivity index (χ4v) is 4.84. The standard InChI is InChI=1S/C30H27N6O2P/c1-19(16-31)21-8-6-9-22(14-21)30(38)34-23-10-5-7-20(13-23)17-32-28-15-25(24-11-3-4-12-26(24)37)35-29-27(39-2)18-33-36(28)29/h3-15,18-19,32,37,39H,17H2,1-2H3,(H,34,38). The van der Waals surface area contributed by atoms with Gasteiger partial charge in [0.1, 0.15) is 11.6 Å². The second-order valence-corrected chi connectivity index (χ2v) is 10.1. The molecule has 3 aromatic carbocycles. The Morgan fingerprint density at radius 1 is 1.10 bits per heavy atom. The molecule has 0 fully saturated rings. The third kappa shape index (κ3) is 5.59. The number of amides is 1. The van der Waals surface area contributed by atoms with E-state index >= 15 is 0 Å². The van der Waals surface area contributed by atoms with E-state index < -0.39 is 0 Å². The van der Waals surface area contributed by atoms with Crippen LogP contribution in [0.2, 0.25) is 0 Å². The summed E-state index contributed by atoms with van der Waals surface area (Å²) in [6.45, 7) is 4.36. The third-order valence-electron chi connectivity index (χ3n) is 6.42. The quantitative estimate of drug-likeness (QED) is 0.226. The second-order valence-electron chi connectivity index (χ2n) is 9.07. The van der Waals surface area contributed by atoms with Crippen LogP contribution >= 0.6 is 8.58 Å². The van der Waals surface area contributed by atoms with Crippen molar-refractivity contribution in [3.05, 3.63) is 102 Å². The van der Waals surface area contributed by atoms with Gasteiger partial charge >= 0.3 is 0 Å². The summed E-state index contributed by atoms with van der Waals surface area (Å²) in [5.41, 5.74) is 4.97. The Morgan fingerprint density at radius 2 is 1.92 bits per heavy atom. The molecule has 1 amide bonds. The summed E-state index contributed by atoms with van der Waals surface area (Å²) >= 11 is 0. The number of carbonyl (C=O) groups is 1. The third-order valence-corrected chi connectivity index (χ3v) is 7.31. The van der Waals surface area contributed by atoms with Crippen molar-refractivity contribution in [2.24, 2.45) is 0 Å². The van der Waals surface area contributed by atoms with E-state index in [0.717, 1.165) is 27.9 Å². The number of fused-ring (bicyclic) bond motifs is 1. The zero-order valence-corrected chi connectivity index (χ0v) is 22.5. The number of anilines is 2. The fraction of sp³-hybridized carbons (Fsp3) is 0.133. The van der Waals surface area contributed by atoms with Gasteiger partial charge in [-0.3, -0.25) is 4.79 Å². The molecule has 194 valence electrons. The number of para-hydroxylation sites is 1. The number of phenolic OH excluding ortho intramolecular Hbond substituents is 1. The summed E-state index contributed by atoms with van der Waals surface area (Å²) in [6.07, 6.45) is 1.82. The van der Waals surface area contributed by atoms with E-state index in [1.807, 2.05) is 61.7 Å². The Kier molecular flexibility index (Phi) is 7.53. The molecular formula is C30H27N6O2P. The second kappa shape index (κ2) is 11.3. The van der Waals surface area contributed by atoms with Gasteiger partial charge in [0.05, 0.1) is 23.9 Å². The van der Waals surface area contributed by atoms with Gasteiger partial charge in [0, 0.05) is 34.7 Å². The summed E-state index contributed by atoms with van der Waals surface area (Å²) in [5, 5.41) is 31.6. The van der Waals surface area contributed by atoms with Gasteiger partial charge in [-0.15, -0.1) is 0 Å². The molecule has 8 nitrogen and oxygen atoms in total. The molecule has 0 aliphatic carbocycles. The molecule has 0 radical (unpaired) electrons. The van der Waals surface area contributed by atoms with Crippen molar-refractivity contribution < 1.29 is 9.90 Å². The normalized spacial score (nSPS) is 11.9. The van der Waals surface area contributed by atoms with Crippen LogP contribution in [0.1, 0.15) is 34.3 Å². The molecule has 5 aromatic rings. The SMILES string of the molecule is CPc1cnn2c(NCc3cccc(NC(=O)c4cccc(C(C)C#N)c4)c3)cc(-c3ccccc3O)nc12. The topological polar surface area (TPSA) is 115 Å². The van der Waals surface area contributed by atoms with Crippen LogP contribution in [0.5, 0.6) is 5.75 Å². The van der Waals surface area contributed by atoms with Crippen molar-refractivity contribution in [1.82, 2.24) is 14.6 Å². The predicted molar refractivity (Wildman–Crippen MR) is 156 cm³/mol. The first-order valence-corrected chi connectivity index (χ1v) is 14.0. The smallest absolute Gasteiger partial charge is 0.255 e.